The molecule has 0 fully saturated rings. The summed E-state index contributed by atoms with van der Waals surface area (Å²) in [4.78, 5) is 4.24. The summed E-state index contributed by atoms with van der Waals surface area (Å²) in [5.41, 5.74) is 0.0766. The van der Waals surface area contributed by atoms with Crippen molar-refractivity contribution in [3.05, 3.63) is 16.6 Å². The molecule has 0 aromatic carbocycles. The number of nitrogens with zero attached hydrogens (tertiary/aromatic N) is 1. The van der Waals surface area contributed by atoms with Crippen LogP contribution in [0, 0.1) is 0 Å². The Morgan fingerprint density at radius 3 is 2.64 bits per heavy atom. The minimum absolute atomic E-state index is 0.0766. The summed E-state index contributed by atoms with van der Waals surface area (Å²) >= 11 is 7.66. The smallest absolute Gasteiger partial charge is 0.106 e. The molecule has 1 heterocycles. The van der Waals surface area contributed by atoms with Crippen LogP contribution in [0.15, 0.2) is 11.6 Å². The zero-order valence-corrected chi connectivity index (χ0v) is 10.3. The molecular weight excluding hydrogens is 216 g/mol. The van der Waals surface area contributed by atoms with Gasteiger partial charge in [-0.1, -0.05) is 13.8 Å². The molecule has 1 aromatic rings. The highest BCUT2D eigenvalue weighted by Crippen LogP contribution is 2.18. The molecule has 1 aromatic heterocycles. The lowest BCUT2D eigenvalue weighted by atomic mass is 9.95. The Morgan fingerprint density at radius 1 is 1.50 bits per heavy atom. The minimum atomic E-state index is 0.0766. The maximum atomic E-state index is 5.99. The molecule has 0 aliphatic heterocycles. The Balaban J connectivity index is 2.48. The molecule has 0 spiro atoms. The lowest BCUT2D eigenvalue weighted by Crippen LogP contribution is -2.45. The van der Waals surface area contributed by atoms with Gasteiger partial charge in [0.2, 0.25) is 0 Å². The number of thiazole rings is 1. The first-order chi connectivity index (χ1) is 6.76. The van der Waals surface area contributed by atoms with Crippen molar-refractivity contribution >= 4 is 22.9 Å². The number of hydrogen-bond acceptors (Lipinski definition) is 3. The second-order valence-electron chi connectivity index (χ2n) is 3.40. The normalized spacial score (nSPS) is 11.9. The minimum Gasteiger partial charge on any atom is -0.304 e. The van der Waals surface area contributed by atoms with Gasteiger partial charge < -0.3 is 5.32 Å². The van der Waals surface area contributed by atoms with Crippen molar-refractivity contribution in [2.24, 2.45) is 0 Å². The van der Waals surface area contributed by atoms with Gasteiger partial charge in [0.1, 0.15) is 5.01 Å². The van der Waals surface area contributed by atoms with Gasteiger partial charge in [-0.2, -0.15) is 0 Å². The maximum absolute atomic E-state index is 5.99. The molecule has 14 heavy (non-hydrogen) atoms. The van der Waals surface area contributed by atoms with Gasteiger partial charge in [0.25, 0.3) is 0 Å². The predicted octanol–water partition coefficient (Wildman–Crippen LogP) is 3.03. The first-order valence-corrected chi connectivity index (χ1v) is 6.37. The van der Waals surface area contributed by atoms with E-state index < -0.39 is 0 Å². The van der Waals surface area contributed by atoms with Crippen LogP contribution in [0.5, 0.6) is 0 Å². The predicted molar refractivity (Wildman–Crippen MR) is 63.0 cm³/mol. The Hall–Kier alpha value is -0.120. The fourth-order valence-electron chi connectivity index (χ4n) is 1.34. The van der Waals surface area contributed by atoms with Gasteiger partial charge >= 0.3 is 0 Å². The Kier molecular flexibility index (Phi) is 4.85. The van der Waals surface area contributed by atoms with Crippen LogP contribution in [0.2, 0.25) is 0 Å². The Labute approximate surface area is 94.7 Å². The lowest BCUT2D eigenvalue weighted by molar-refractivity contribution is 0.334. The highest BCUT2D eigenvalue weighted by Gasteiger charge is 2.24. The summed E-state index contributed by atoms with van der Waals surface area (Å²) in [6.45, 7) is 5.16. The van der Waals surface area contributed by atoms with Crippen LogP contribution < -0.4 is 5.32 Å². The van der Waals surface area contributed by atoms with Gasteiger partial charge in [-0.25, -0.2) is 4.98 Å². The van der Waals surface area contributed by atoms with E-state index in [9.17, 15) is 0 Å². The van der Waals surface area contributed by atoms with Crippen LogP contribution in [0.3, 0.4) is 0 Å². The molecule has 0 saturated carbocycles. The molecule has 0 radical (unpaired) electrons. The van der Waals surface area contributed by atoms with Crippen LogP contribution >= 0.6 is 22.9 Å². The lowest BCUT2D eigenvalue weighted by Gasteiger charge is -2.30. The second kappa shape index (κ2) is 5.69. The van der Waals surface area contributed by atoms with Gasteiger partial charge in [0, 0.05) is 29.5 Å². The van der Waals surface area contributed by atoms with Gasteiger partial charge in [-0.05, 0) is 12.8 Å². The third kappa shape index (κ3) is 2.94. The maximum Gasteiger partial charge on any atom is 0.106 e. The highest BCUT2D eigenvalue weighted by atomic mass is 35.5. The van der Waals surface area contributed by atoms with E-state index in [-0.39, 0.29) is 5.54 Å². The molecule has 0 aliphatic carbocycles. The van der Waals surface area contributed by atoms with Crippen LogP contribution in [0.1, 0.15) is 31.7 Å². The van der Waals surface area contributed by atoms with E-state index in [1.165, 1.54) is 0 Å². The van der Waals surface area contributed by atoms with E-state index in [1.807, 2.05) is 11.6 Å². The first-order valence-electron chi connectivity index (χ1n) is 4.95. The van der Waals surface area contributed by atoms with Crippen molar-refractivity contribution in [3.63, 3.8) is 0 Å². The zero-order chi connectivity index (χ0) is 10.4. The van der Waals surface area contributed by atoms with Crippen LogP contribution in [-0.2, 0) is 6.54 Å². The Bertz CT molecular complexity index is 236. The van der Waals surface area contributed by atoms with Crippen molar-refractivity contribution < 1.29 is 0 Å². The average molecular weight is 233 g/mol. The van der Waals surface area contributed by atoms with Gasteiger partial charge in [-0.15, -0.1) is 22.9 Å². The summed E-state index contributed by atoms with van der Waals surface area (Å²) in [7, 11) is 0. The molecule has 0 saturated heterocycles. The average Bonchev–Trinajstić information content (AvgIpc) is 2.74. The van der Waals surface area contributed by atoms with Crippen molar-refractivity contribution in [1.29, 1.82) is 0 Å². The highest BCUT2D eigenvalue weighted by molar-refractivity contribution is 7.09. The van der Waals surface area contributed by atoms with Crippen molar-refractivity contribution in [2.45, 2.75) is 38.8 Å². The van der Waals surface area contributed by atoms with Crippen molar-refractivity contribution in [2.75, 3.05) is 5.88 Å². The largest absolute Gasteiger partial charge is 0.304 e. The number of halogens is 1. The number of aromatic nitrogens is 1. The van der Waals surface area contributed by atoms with Crippen molar-refractivity contribution in [3.8, 4) is 0 Å². The van der Waals surface area contributed by atoms with Crippen molar-refractivity contribution in [1.82, 2.24) is 10.3 Å². The monoisotopic (exact) mass is 232 g/mol. The van der Waals surface area contributed by atoms with Gasteiger partial charge in [0.15, 0.2) is 0 Å². The van der Waals surface area contributed by atoms with Crippen LogP contribution in [0.4, 0.5) is 0 Å². The first kappa shape index (κ1) is 12.0. The molecule has 1 N–H and O–H groups in total. The van der Waals surface area contributed by atoms with Crippen LogP contribution in [-0.4, -0.2) is 16.4 Å². The molecule has 0 aliphatic rings. The standard InChI is InChI=1S/C10H17ClN2S/c1-3-10(4-2,8-11)13-7-9-12-5-6-14-9/h5-6,13H,3-4,7-8H2,1-2H3. The van der Waals surface area contributed by atoms with E-state index >= 15 is 0 Å². The number of rotatable bonds is 6. The Morgan fingerprint density at radius 2 is 2.21 bits per heavy atom. The number of alkyl halides is 1. The fourth-order valence-corrected chi connectivity index (χ4v) is 2.37. The van der Waals surface area contributed by atoms with E-state index in [0.29, 0.717) is 5.88 Å². The third-order valence-corrected chi connectivity index (χ3v) is 4.00. The fraction of sp³-hybridized carbons (Fsp3) is 0.700. The number of nitrogens with one attached hydrogen (secondary N) is 1. The molecule has 4 heteroatoms. The summed E-state index contributed by atoms with van der Waals surface area (Å²) in [5, 5.41) is 6.62. The summed E-state index contributed by atoms with van der Waals surface area (Å²) < 4.78 is 0. The van der Waals surface area contributed by atoms with E-state index in [1.54, 1.807) is 11.3 Å². The third-order valence-electron chi connectivity index (χ3n) is 2.71. The molecule has 0 bridgehead atoms. The zero-order valence-electron chi connectivity index (χ0n) is 8.72. The number of hydrogen-bond donors (Lipinski definition) is 1. The molecular formula is C10H17ClN2S. The summed E-state index contributed by atoms with van der Waals surface area (Å²) in [5.74, 6) is 0.658. The van der Waals surface area contributed by atoms with Gasteiger partial charge in [0.05, 0.1) is 0 Å². The molecule has 0 unspecified atom stereocenters. The molecule has 0 atom stereocenters. The van der Waals surface area contributed by atoms with E-state index in [0.717, 1.165) is 24.4 Å². The van der Waals surface area contributed by atoms with E-state index in [2.05, 4.69) is 24.1 Å². The van der Waals surface area contributed by atoms with Gasteiger partial charge in [-0.3, -0.25) is 0 Å². The second-order valence-corrected chi connectivity index (χ2v) is 4.65. The molecule has 1 rings (SSSR count). The summed E-state index contributed by atoms with van der Waals surface area (Å²) in [6.07, 6.45) is 3.94. The SMILES string of the molecule is CCC(CC)(CCl)NCc1nccs1. The quantitative estimate of drug-likeness (QED) is 0.763. The topological polar surface area (TPSA) is 24.9 Å². The molecule has 2 nitrogen and oxygen atoms in total. The molecule has 0 amide bonds. The van der Waals surface area contributed by atoms with Crippen LogP contribution in [0.25, 0.3) is 0 Å². The molecule has 80 valence electrons. The van der Waals surface area contributed by atoms with E-state index in [4.69, 9.17) is 11.6 Å². The summed E-state index contributed by atoms with van der Waals surface area (Å²) in [6, 6.07) is 0.